The molecule has 8 heavy (non-hydrogen) atoms. The van der Waals surface area contributed by atoms with Crippen LogP contribution in [0.4, 0.5) is 0 Å². The Morgan fingerprint density at radius 1 is 0.375 bits per heavy atom. The number of hydrogen-bond donors (Lipinski definition) is 0. The second kappa shape index (κ2) is 320. The molecule has 3 radical (unpaired) electrons. The smallest absolute Gasteiger partial charge is 1.00 e. The van der Waals surface area contributed by atoms with Crippen LogP contribution in [0.25, 0.3) is 0 Å². The van der Waals surface area contributed by atoms with Crippen molar-refractivity contribution < 1.29 is 50.6 Å². The fraction of sp³-hybridized carbons (Fsp3) is 0. The van der Waals surface area contributed by atoms with Gasteiger partial charge in [-0.3, -0.25) is 0 Å². The van der Waals surface area contributed by atoms with Crippen molar-refractivity contribution in [3.8, 4) is 0 Å². The molecule has 8 heteroatoms. The number of rotatable bonds is 0. The SMILES string of the molecule is [Ag+].[F-].[F-].[F-].[F-].[F-].[F-].[Sb]. The molecule has 0 nitrogen and oxygen atoms in total. The molecule has 0 aliphatic rings. The van der Waals surface area contributed by atoms with Crippen molar-refractivity contribution in [3.63, 3.8) is 0 Å². The topological polar surface area (TPSA) is 0 Å². The molecule has 0 amide bonds. The first kappa shape index (κ1) is 467. The van der Waals surface area contributed by atoms with Crippen molar-refractivity contribution in [2.75, 3.05) is 0 Å². The summed E-state index contributed by atoms with van der Waals surface area (Å²) in [5.41, 5.74) is 0. The molecular formula is AgF6Sb-5. The molecule has 0 bridgehead atoms. The first-order valence-corrected chi connectivity index (χ1v) is 0. The fourth-order valence-corrected chi connectivity index (χ4v) is 0. The molecule has 0 spiro atoms. The molecule has 0 rings (SSSR count). The van der Waals surface area contributed by atoms with Gasteiger partial charge in [0.25, 0.3) is 0 Å². The van der Waals surface area contributed by atoms with Gasteiger partial charge in [0.05, 0.1) is 0 Å². The molecule has 63 valence electrons. The summed E-state index contributed by atoms with van der Waals surface area (Å²) < 4.78 is 0. The zero-order valence-corrected chi connectivity index (χ0v) is 7.05. The first-order valence-electron chi connectivity index (χ1n) is 0. The minimum atomic E-state index is 0. The molecule has 0 atom stereocenters. The van der Waals surface area contributed by atoms with Crippen LogP contribution in [-0.2, 0) is 22.4 Å². The van der Waals surface area contributed by atoms with Crippen molar-refractivity contribution in [1.82, 2.24) is 0 Å². The molecular weight excluding hydrogens is 344 g/mol. The van der Waals surface area contributed by atoms with Crippen LogP contribution in [0, 0.1) is 0 Å². The summed E-state index contributed by atoms with van der Waals surface area (Å²) in [6.07, 6.45) is 0. The van der Waals surface area contributed by atoms with Gasteiger partial charge in [-0.05, 0) is 0 Å². The monoisotopic (exact) mass is 342 g/mol. The van der Waals surface area contributed by atoms with Crippen LogP contribution >= 0.6 is 0 Å². The molecule has 0 aromatic heterocycles. The Balaban J connectivity index is 0. The average Bonchev–Trinajstić information content (AvgIpc) is 0. The van der Waals surface area contributed by atoms with Crippen LogP contribution in [0.5, 0.6) is 0 Å². The zero-order valence-electron chi connectivity index (χ0n) is 3.02. The van der Waals surface area contributed by atoms with E-state index in [0.717, 1.165) is 0 Å². The largest absolute Gasteiger partial charge is 1.00 e. The summed E-state index contributed by atoms with van der Waals surface area (Å²) in [7, 11) is 0. The van der Waals surface area contributed by atoms with Crippen molar-refractivity contribution in [3.05, 3.63) is 0 Å². The third-order valence-electron chi connectivity index (χ3n) is 0. The summed E-state index contributed by atoms with van der Waals surface area (Å²) >= 11 is 0. The van der Waals surface area contributed by atoms with E-state index in [4.69, 9.17) is 0 Å². The Hall–Kier alpha value is 1.14. The normalized spacial score (nSPS) is 0. The van der Waals surface area contributed by atoms with Gasteiger partial charge in [-0.1, -0.05) is 0 Å². The predicted octanol–water partition coefficient (Wildman–Crippen LogP) is -18.4. The van der Waals surface area contributed by atoms with Gasteiger partial charge < -0.3 is 28.2 Å². The van der Waals surface area contributed by atoms with E-state index >= 15 is 0 Å². The Labute approximate surface area is 74.9 Å². The van der Waals surface area contributed by atoms with Gasteiger partial charge >= 0.3 is 22.4 Å². The van der Waals surface area contributed by atoms with Crippen molar-refractivity contribution in [2.45, 2.75) is 0 Å². The molecule has 0 aliphatic heterocycles. The molecule has 0 aromatic carbocycles. The molecule has 0 N–H and O–H groups in total. The van der Waals surface area contributed by atoms with Crippen molar-refractivity contribution >= 4 is 24.4 Å². The van der Waals surface area contributed by atoms with E-state index in [1.165, 1.54) is 0 Å². The molecule has 0 heterocycles. The maximum Gasteiger partial charge on any atom is 1.00 e. The van der Waals surface area contributed by atoms with Gasteiger partial charge in [-0.2, -0.15) is 0 Å². The Morgan fingerprint density at radius 2 is 0.375 bits per heavy atom. The summed E-state index contributed by atoms with van der Waals surface area (Å²) in [5.74, 6) is 0. The molecule has 0 aromatic rings. The Kier molecular flexibility index (Phi) is 18700. The fourth-order valence-electron chi connectivity index (χ4n) is 0. The van der Waals surface area contributed by atoms with Crippen LogP contribution in [0.3, 0.4) is 0 Å². The van der Waals surface area contributed by atoms with E-state index in [-0.39, 0.29) is 75.0 Å². The van der Waals surface area contributed by atoms with Gasteiger partial charge in [-0.25, -0.2) is 0 Å². The molecule has 0 fully saturated rings. The number of halogens is 6. The standard InChI is InChI=1S/Ag.6FH.Sb/h;6*1H;/q+1;;;;;;;/p-6. The van der Waals surface area contributed by atoms with E-state index in [1.807, 2.05) is 0 Å². The average molecular weight is 344 g/mol. The van der Waals surface area contributed by atoms with Gasteiger partial charge in [0.2, 0.25) is 0 Å². The first-order chi connectivity index (χ1) is 0. The van der Waals surface area contributed by atoms with Crippen molar-refractivity contribution in [1.29, 1.82) is 0 Å². The Morgan fingerprint density at radius 3 is 0.375 bits per heavy atom. The van der Waals surface area contributed by atoms with Gasteiger partial charge in [0.1, 0.15) is 0 Å². The van der Waals surface area contributed by atoms with E-state index < -0.39 is 0 Å². The summed E-state index contributed by atoms with van der Waals surface area (Å²) in [6, 6.07) is 0. The van der Waals surface area contributed by atoms with E-state index in [2.05, 4.69) is 0 Å². The summed E-state index contributed by atoms with van der Waals surface area (Å²) in [4.78, 5) is 0. The van der Waals surface area contributed by atoms with Gasteiger partial charge in [0, 0.05) is 24.4 Å². The maximum atomic E-state index is 0. The van der Waals surface area contributed by atoms with Crippen molar-refractivity contribution in [2.24, 2.45) is 0 Å². The van der Waals surface area contributed by atoms with E-state index in [0.29, 0.717) is 0 Å². The molecule has 0 aliphatic carbocycles. The van der Waals surface area contributed by atoms with E-state index in [9.17, 15) is 0 Å². The third-order valence-corrected chi connectivity index (χ3v) is 0. The minimum Gasteiger partial charge on any atom is -1.00 e. The van der Waals surface area contributed by atoms with Crippen LogP contribution in [0.1, 0.15) is 0 Å². The second-order valence-electron chi connectivity index (χ2n) is 0. The zero-order chi connectivity index (χ0) is 0. The van der Waals surface area contributed by atoms with Gasteiger partial charge in [-0.15, -0.1) is 0 Å². The quantitative estimate of drug-likeness (QED) is 0.303. The van der Waals surface area contributed by atoms with Crippen LogP contribution in [-0.4, -0.2) is 24.4 Å². The second-order valence-corrected chi connectivity index (χ2v) is 0. The predicted molar refractivity (Wildman–Crippen MR) is 5.75 cm³/mol. The van der Waals surface area contributed by atoms with Crippen LogP contribution < -0.4 is 28.2 Å². The third kappa shape index (κ3) is 208. The van der Waals surface area contributed by atoms with Crippen LogP contribution in [0.15, 0.2) is 0 Å². The number of hydrogen-bond acceptors (Lipinski definition) is 0. The Bertz CT molecular complexity index is 8.49. The maximum absolute atomic E-state index is 0. The molecule has 0 saturated heterocycles. The summed E-state index contributed by atoms with van der Waals surface area (Å²) in [6.45, 7) is 0. The van der Waals surface area contributed by atoms with Gasteiger partial charge in [0.15, 0.2) is 0 Å². The molecule has 0 saturated carbocycles. The van der Waals surface area contributed by atoms with E-state index in [1.54, 1.807) is 0 Å². The summed E-state index contributed by atoms with van der Waals surface area (Å²) in [5, 5.41) is 0. The molecule has 0 unspecified atom stereocenters. The minimum absolute atomic E-state index is 0. The van der Waals surface area contributed by atoms with Crippen LogP contribution in [0.2, 0.25) is 0 Å².